The molecular formula is C15H18N8O. The molecule has 0 unspecified atom stereocenters. The van der Waals surface area contributed by atoms with E-state index < -0.39 is 0 Å². The van der Waals surface area contributed by atoms with Gasteiger partial charge in [0.15, 0.2) is 11.5 Å². The van der Waals surface area contributed by atoms with Crippen molar-refractivity contribution >= 4 is 5.82 Å². The molecule has 3 aromatic heterocycles. The van der Waals surface area contributed by atoms with Crippen LogP contribution in [-0.2, 0) is 0 Å². The van der Waals surface area contributed by atoms with Gasteiger partial charge in [-0.2, -0.15) is 4.68 Å². The highest BCUT2D eigenvalue weighted by Gasteiger charge is 2.33. The zero-order valence-corrected chi connectivity index (χ0v) is 13.5. The van der Waals surface area contributed by atoms with E-state index in [2.05, 4.69) is 44.1 Å². The maximum Gasteiger partial charge on any atom is 0.298 e. The van der Waals surface area contributed by atoms with Gasteiger partial charge in [-0.1, -0.05) is 5.21 Å². The second kappa shape index (κ2) is 5.29. The zero-order chi connectivity index (χ0) is 16.7. The van der Waals surface area contributed by atoms with Crippen LogP contribution in [-0.4, -0.2) is 46.8 Å². The minimum absolute atomic E-state index is 0.0538. The number of nitrogens with zero attached hydrogens (tertiary/aromatic N) is 7. The first-order valence-corrected chi connectivity index (χ1v) is 7.83. The van der Waals surface area contributed by atoms with Crippen molar-refractivity contribution in [3.05, 3.63) is 41.3 Å². The highest BCUT2D eigenvalue weighted by molar-refractivity contribution is 5.47. The van der Waals surface area contributed by atoms with Crippen molar-refractivity contribution in [1.29, 1.82) is 0 Å². The number of nitrogens with one attached hydrogen (secondary N) is 1. The molecule has 0 atom stereocenters. The summed E-state index contributed by atoms with van der Waals surface area (Å²) in [6, 6.07) is 1.83. The van der Waals surface area contributed by atoms with Crippen molar-refractivity contribution in [2.24, 2.45) is 0 Å². The van der Waals surface area contributed by atoms with Crippen molar-refractivity contribution in [2.75, 3.05) is 11.4 Å². The lowest BCUT2D eigenvalue weighted by Gasteiger charge is -2.32. The van der Waals surface area contributed by atoms with E-state index in [1.54, 1.807) is 12.4 Å². The lowest BCUT2D eigenvalue weighted by atomic mass is 10.0. The third-order valence-electron chi connectivity index (χ3n) is 4.47. The maximum absolute atomic E-state index is 12.6. The summed E-state index contributed by atoms with van der Waals surface area (Å²) in [5, 5.41) is 10.5. The Kier molecular flexibility index (Phi) is 3.22. The van der Waals surface area contributed by atoms with Crippen LogP contribution in [0.5, 0.6) is 0 Å². The van der Waals surface area contributed by atoms with Gasteiger partial charge in [-0.3, -0.25) is 9.89 Å². The van der Waals surface area contributed by atoms with E-state index in [0.717, 1.165) is 25.2 Å². The molecule has 1 N–H and O–H groups in total. The van der Waals surface area contributed by atoms with Gasteiger partial charge >= 0.3 is 0 Å². The topological polar surface area (TPSA) is 97.5 Å². The van der Waals surface area contributed by atoms with E-state index in [4.69, 9.17) is 0 Å². The molecule has 4 rings (SSSR count). The molecule has 0 amide bonds. The number of aromatic amines is 1. The van der Waals surface area contributed by atoms with E-state index >= 15 is 0 Å². The van der Waals surface area contributed by atoms with Gasteiger partial charge in [0, 0.05) is 18.2 Å². The van der Waals surface area contributed by atoms with Gasteiger partial charge in [0.1, 0.15) is 12.1 Å². The monoisotopic (exact) mass is 326 g/mol. The molecule has 3 aromatic rings. The van der Waals surface area contributed by atoms with Crippen molar-refractivity contribution in [3.63, 3.8) is 0 Å². The van der Waals surface area contributed by atoms with Gasteiger partial charge in [0.25, 0.3) is 5.56 Å². The first kappa shape index (κ1) is 14.6. The second-order valence-corrected chi connectivity index (χ2v) is 6.45. The fraction of sp³-hybridized carbons (Fsp3) is 0.400. The largest absolute Gasteiger partial charge is 0.351 e. The summed E-state index contributed by atoms with van der Waals surface area (Å²) in [5.41, 5.74) is 0.193. The van der Waals surface area contributed by atoms with Crippen LogP contribution in [0, 0.1) is 0 Å². The Morgan fingerprint density at radius 2 is 2.08 bits per heavy atom. The summed E-state index contributed by atoms with van der Waals surface area (Å²) in [7, 11) is 0. The van der Waals surface area contributed by atoms with Crippen LogP contribution in [0.1, 0.15) is 26.7 Å². The lowest BCUT2D eigenvalue weighted by Crippen LogP contribution is -2.38. The second-order valence-electron chi connectivity index (χ2n) is 6.45. The van der Waals surface area contributed by atoms with Crippen LogP contribution in [0.4, 0.5) is 5.82 Å². The molecular weight excluding hydrogens is 308 g/mol. The molecule has 9 heteroatoms. The van der Waals surface area contributed by atoms with Crippen molar-refractivity contribution in [2.45, 2.75) is 32.2 Å². The fourth-order valence-corrected chi connectivity index (χ4v) is 3.17. The molecule has 0 aromatic carbocycles. The molecule has 1 aliphatic heterocycles. The third-order valence-corrected chi connectivity index (χ3v) is 4.47. The number of H-pyrrole nitrogens is 1. The molecule has 9 nitrogen and oxygen atoms in total. The van der Waals surface area contributed by atoms with Crippen LogP contribution in [0.3, 0.4) is 0 Å². The number of rotatable bonds is 3. The maximum atomic E-state index is 12.6. The zero-order valence-electron chi connectivity index (χ0n) is 13.5. The van der Waals surface area contributed by atoms with Crippen LogP contribution in [0.15, 0.2) is 35.8 Å². The van der Waals surface area contributed by atoms with Crippen LogP contribution >= 0.6 is 0 Å². The standard InChI is InChI=1S/C15H18N8O/c1-15(2)4-3-6-21(15)12-8-13(17-10-16-12)23-14(24)11(9-19-23)22-7-5-18-20-22/h5,7-10,19H,3-4,6H2,1-2H3. The van der Waals surface area contributed by atoms with Crippen molar-refractivity contribution in [1.82, 2.24) is 34.7 Å². The summed E-state index contributed by atoms with van der Waals surface area (Å²) in [6.45, 7) is 5.35. The third kappa shape index (κ3) is 2.29. The normalized spacial score (nSPS) is 16.7. The molecule has 0 aliphatic carbocycles. The minimum Gasteiger partial charge on any atom is -0.351 e. The number of hydrogen-bond acceptors (Lipinski definition) is 6. The van der Waals surface area contributed by atoms with Crippen molar-refractivity contribution in [3.8, 4) is 11.5 Å². The van der Waals surface area contributed by atoms with Crippen LogP contribution < -0.4 is 10.5 Å². The van der Waals surface area contributed by atoms with E-state index in [0.29, 0.717) is 11.5 Å². The van der Waals surface area contributed by atoms with Gasteiger partial charge < -0.3 is 4.90 Å². The Balaban J connectivity index is 1.74. The number of anilines is 1. The lowest BCUT2D eigenvalue weighted by molar-refractivity contribution is 0.514. The molecule has 0 bridgehead atoms. The first-order valence-electron chi connectivity index (χ1n) is 7.83. The van der Waals surface area contributed by atoms with E-state index in [1.807, 2.05) is 6.07 Å². The SMILES string of the molecule is CC1(C)CCCN1c1cc(-n2[nH]cc(-n3ccnn3)c2=O)ncn1. The Hall–Kier alpha value is -2.97. The fourth-order valence-electron chi connectivity index (χ4n) is 3.17. The smallest absolute Gasteiger partial charge is 0.298 e. The van der Waals surface area contributed by atoms with Gasteiger partial charge in [0.2, 0.25) is 0 Å². The van der Waals surface area contributed by atoms with Gasteiger partial charge in [0.05, 0.1) is 18.6 Å². The molecule has 0 radical (unpaired) electrons. The van der Waals surface area contributed by atoms with Gasteiger partial charge in [-0.15, -0.1) is 5.10 Å². The summed E-state index contributed by atoms with van der Waals surface area (Å²) in [4.78, 5) is 23.5. The quantitative estimate of drug-likeness (QED) is 0.768. The van der Waals surface area contributed by atoms with Crippen molar-refractivity contribution < 1.29 is 0 Å². The molecule has 24 heavy (non-hydrogen) atoms. The Morgan fingerprint density at radius 1 is 1.25 bits per heavy atom. The summed E-state index contributed by atoms with van der Waals surface area (Å²) < 4.78 is 2.80. The highest BCUT2D eigenvalue weighted by atomic mass is 16.1. The van der Waals surface area contributed by atoms with Gasteiger partial charge in [-0.05, 0) is 26.7 Å². The molecule has 124 valence electrons. The van der Waals surface area contributed by atoms with Crippen LogP contribution in [0.25, 0.3) is 11.5 Å². The highest BCUT2D eigenvalue weighted by Crippen LogP contribution is 2.32. The molecule has 1 aliphatic rings. The Labute approximate surface area is 137 Å². The Bertz CT molecular complexity index is 908. The Morgan fingerprint density at radius 3 is 2.79 bits per heavy atom. The molecule has 1 fully saturated rings. The average molecular weight is 326 g/mol. The van der Waals surface area contributed by atoms with E-state index in [-0.39, 0.29) is 11.1 Å². The van der Waals surface area contributed by atoms with E-state index in [9.17, 15) is 4.79 Å². The van der Waals surface area contributed by atoms with Gasteiger partial charge in [-0.25, -0.2) is 14.6 Å². The summed E-state index contributed by atoms with van der Waals surface area (Å²) >= 11 is 0. The summed E-state index contributed by atoms with van der Waals surface area (Å²) in [6.07, 6.45) is 8.46. The van der Waals surface area contributed by atoms with E-state index in [1.165, 1.54) is 21.9 Å². The molecule has 4 heterocycles. The molecule has 1 saturated heterocycles. The molecule has 0 spiro atoms. The predicted molar refractivity (Wildman–Crippen MR) is 87.6 cm³/mol. The number of hydrogen-bond donors (Lipinski definition) is 1. The molecule has 0 saturated carbocycles. The van der Waals surface area contributed by atoms with Crippen LogP contribution in [0.2, 0.25) is 0 Å². The predicted octanol–water partition coefficient (Wildman–Crippen LogP) is 0.915. The number of aromatic nitrogens is 7. The minimum atomic E-state index is -0.245. The first-order chi connectivity index (χ1) is 11.6. The summed E-state index contributed by atoms with van der Waals surface area (Å²) in [5.74, 6) is 1.32. The average Bonchev–Trinajstić information content (AvgIpc) is 3.27.